The van der Waals surface area contributed by atoms with Gasteiger partial charge in [-0.25, -0.2) is 4.79 Å². The Bertz CT molecular complexity index is 720. The van der Waals surface area contributed by atoms with Crippen LogP contribution in [0.2, 0.25) is 0 Å². The van der Waals surface area contributed by atoms with Gasteiger partial charge in [0.15, 0.2) is 0 Å². The summed E-state index contributed by atoms with van der Waals surface area (Å²) < 4.78 is 4.76. The molecule has 0 saturated heterocycles. The number of hydrogen-bond acceptors (Lipinski definition) is 4. The van der Waals surface area contributed by atoms with Crippen molar-refractivity contribution in [3.05, 3.63) is 54.1 Å². The zero-order chi connectivity index (χ0) is 18.4. The molecule has 25 heavy (non-hydrogen) atoms. The summed E-state index contributed by atoms with van der Waals surface area (Å²) in [7, 11) is 1.31. The molecular weight excluding hydrogens is 318 g/mol. The molecule has 0 aliphatic carbocycles. The van der Waals surface area contributed by atoms with Crippen LogP contribution in [0.3, 0.4) is 0 Å². The van der Waals surface area contributed by atoms with Gasteiger partial charge in [0.2, 0.25) is 0 Å². The molecule has 0 saturated carbocycles. The normalized spacial score (nSPS) is 11.8. The number of methoxy groups -OCH3 is 1. The van der Waals surface area contributed by atoms with Gasteiger partial charge in [-0.2, -0.15) is 0 Å². The maximum absolute atomic E-state index is 12.4. The van der Waals surface area contributed by atoms with Crippen LogP contribution in [0, 0.1) is 5.92 Å². The largest absolute Gasteiger partial charge is 0.508 e. The first kappa shape index (κ1) is 18.5. The molecule has 1 atom stereocenters. The summed E-state index contributed by atoms with van der Waals surface area (Å²) in [5.41, 5.74) is 2.35. The highest BCUT2D eigenvalue weighted by Crippen LogP contribution is 2.22. The van der Waals surface area contributed by atoms with Gasteiger partial charge in [-0.15, -0.1) is 0 Å². The van der Waals surface area contributed by atoms with Gasteiger partial charge in [0.1, 0.15) is 11.8 Å². The molecule has 0 unspecified atom stereocenters. The molecular formula is C20H23NO4. The summed E-state index contributed by atoms with van der Waals surface area (Å²) in [5, 5.41) is 12.1. The Morgan fingerprint density at radius 2 is 1.52 bits per heavy atom. The summed E-state index contributed by atoms with van der Waals surface area (Å²) >= 11 is 0. The number of carbonyl (C=O) groups is 2. The predicted molar refractivity (Wildman–Crippen MR) is 96.3 cm³/mol. The van der Waals surface area contributed by atoms with Crippen LogP contribution in [0.25, 0.3) is 11.1 Å². The smallest absolute Gasteiger partial charge is 0.328 e. The highest BCUT2D eigenvalue weighted by atomic mass is 16.5. The molecule has 0 bridgehead atoms. The van der Waals surface area contributed by atoms with Crippen LogP contribution in [0.15, 0.2) is 48.5 Å². The lowest BCUT2D eigenvalue weighted by atomic mass is 10.0. The molecule has 0 aromatic heterocycles. The van der Waals surface area contributed by atoms with Gasteiger partial charge in [0.05, 0.1) is 7.11 Å². The summed E-state index contributed by atoms with van der Waals surface area (Å²) in [4.78, 5) is 24.2. The summed E-state index contributed by atoms with van der Waals surface area (Å²) in [6.45, 7) is 3.96. The number of carbonyl (C=O) groups excluding carboxylic acids is 2. The van der Waals surface area contributed by atoms with E-state index in [0.29, 0.717) is 12.0 Å². The van der Waals surface area contributed by atoms with Crippen molar-refractivity contribution >= 4 is 11.9 Å². The van der Waals surface area contributed by atoms with Gasteiger partial charge >= 0.3 is 5.97 Å². The van der Waals surface area contributed by atoms with E-state index >= 15 is 0 Å². The third-order valence-corrected chi connectivity index (χ3v) is 3.85. The van der Waals surface area contributed by atoms with Crippen LogP contribution >= 0.6 is 0 Å². The van der Waals surface area contributed by atoms with Gasteiger partial charge in [-0.1, -0.05) is 38.1 Å². The van der Waals surface area contributed by atoms with Crippen LogP contribution in [0.1, 0.15) is 30.6 Å². The molecule has 5 nitrogen and oxygen atoms in total. The first-order valence-corrected chi connectivity index (χ1v) is 8.19. The van der Waals surface area contributed by atoms with E-state index in [0.717, 1.165) is 11.1 Å². The Morgan fingerprint density at radius 1 is 1.00 bits per heavy atom. The fraction of sp³-hybridized carbons (Fsp3) is 0.300. The van der Waals surface area contributed by atoms with Crippen LogP contribution < -0.4 is 5.32 Å². The number of rotatable bonds is 6. The van der Waals surface area contributed by atoms with E-state index in [1.807, 2.05) is 26.0 Å². The second-order valence-corrected chi connectivity index (χ2v) is 6.30. The quantitative estimate of drug-likeness (QED) is 0.790. The third kappa shape index (κ3) is 5.08. The summed E-state index contributed by atoms with van der Waals surface area (Å²) in [6.07, 6.45) is 0.518. The Balaban J connectivity index is 2.11. The number of phenolic OH excluding ortho intramolecular Hbond substituents is 1. The molecule has 2 rings (SSSR count). The predicted octanol–water partition coefficient (Wildman–Crippen LogP) is 3.38. The Kier molecular flexibility index (Phi) is 6.17. The minimum Gasteiger partial charge on any atom is -0.508 e. The van der Waals surface area contributed by atoms with Crippen LogP contribution in [0.5, 0.6) is 5.75 Å². The molecule has 1 amide bonds. The van der Waals surface area contributed by atoms with Gasteiger partial charge in [0.25, 0.3) is 5.91 Å². The van der Waals surface area contributed by atoms with Crippen molar-refractivity contribution < 1.29 is 19.4 Å². The highest BCUT2D eigenvalue weighted by molar-refractivity contribution is 5.97. The maximum atomic E-state index is 12.4. The van der Waals surface area contributed by atoms with Crippen molar-refractivity contribution in [3.63, 3.8) is 0 Å². The SMILES string of the molecule is COC(=O)[C@H](CC(C)C)NC(=O)c1ccc(-c2ccc(O)cc2)cc1. The number of hydrogen-bond donors (Lipinski definition) is 2. The molecule has 0 heterocycles. The van der Waals surface area contributed by atoms with Crippen molar-refractivity contribution in [3.8, 4) is 16.9 Å². The number of benzene rings is 2. The maximum Gasteiger partial charge on any atom is 0.328 e. The molecule has 132 valence electrons. The van der Waals surface area contributed by atoms with E-state index in [9.17, 15) is 14.7 Å². The van der Waals surface area contributed by atoms with E-state index in [1.54, 1.807) is 36.4 Å². The molecule has 0 radical (unpaired) electrons. The van der Waals surface area contributed by atoms with Crippen LogP contribution in [-0.4, -0.2) is 30.1 Å². The lowest BCUT2D eigenvalue weighted by Crippen LogP contribution is -2.42. The number of ether oxygens (including phenoxy) is 1. The van der Waals surface area contributed by atoms with E-state index in [4.69, 9.17) is 4.74 Å². The number of aromatic hydroxyl groups is 1. The highest BCUT2D eigenvalue weighted by Gasteiger charge is 2.23. The Labute approximate surface area is 147 Å². The van der Waals surface area contributed by atoms with E-state index in [1.165, 1.54) is 7.11 Å². The number of phenols is 1. The van der Waals surface area contributed by atoms with Crippen LogP contribution in [0.4, 0.5) is 0 Å². The van der Waals surface area contributed by atoms with Crippen molar-refractivity contribution in [2.45, 2.75) is 26.3 Å². The molecule has 2 aromatic rings. The standard InChI is InChI=1S/C20H23NO4/c1-13(2)12-18(20(24)25-3)21-19(23)16-6-4-14(5-7-16)15-8-10-17(22)11-9-15/h4-11,13,18,22H,12H2,1-3H3,(H,21,23)/t18-/m0/s1. The minimum atomic E-state index is -0.658. The number of nitrogens with one attached hydrogen (secondary N) is 1. The molecule has 0 aliphatic rings. The minimum absolute atomic E-state index is 0.207. The Hall–Kier alpha value is -2.82. The van der Waals surface area contributed by atoms with Crippen LogP contribution in [-0.2, 0) is 9.53 Å². The number of amides is 1. The second kappa shape index (κ2) is 8.33. The second-order valence-electron chi connectivity index (χ2n) is 6.30. The Morgan fingerprint density at radius 3 is 2.00 bits per heavy atom. The lowest BCUT2D eigenvalue weighted by Gasteiger charge is -2.18. The first-order valence-electron chi connectivity index (χ1n) is 8.19. The topological polar surface area (TPSA) is 75.6 Å². The fourth-order valence-corrected chi connectivity index (χ4v) is 2.54. The summed E-state index contributed by atoms with van der Waals surface area (Å²) in [5.74, 6) is -0.295. The van der Waals surface area contributed by atoms with Crippen molar-refractivity contribution in [2.75, 3.05) is 7.11 Å². The van der Waals surface area contributed by atoms with E-state index in [2.05, 4.69) is 5.32 Å². The number of esters is 1. The van der Waals surface area contributed by atoms with E-state index < -0.39 is 12.0 Å². The van der Waals surface area contributed by atoms with Gasteiger partial charge in [-0.3, -0.25) is 4.79 Å². The van der Waals surface area contributed by atoms with Crippen molar-refractivity contribution in [1.82, 2.24) is 5.32 Å². The molecule has 0 aliphatic heterocycles. The monoisotopic (exact) mass is 341 g/mol. The van der Waals surface area contributed by atoms with E-state index in [-0.39, 0.29) is 17.6 Å². The van der Waals surface area contributed by atoms with Gasteiger partial charge in [-0.05, 0) is 47.7 Å². The third-order valence-electron chi connectivity index (χ3n) is 3.85. The van der Waals surface area contributed by atoms with Crippen molar-refractivity contribution in [1.29, 1.82) is 0 Å². The first-order chi connectivity index (χ1) is 11.9. The molecule has 2 N–H and O–H groups in total. The summed E-state index contributed by atoms with van der Waals surface area (Å²) in [6, 6.07) is 13.3. The average molecular weight is 341 g/mol. The molecule has 0 spiro atoms. The molecule has 2 aromatic carbocycles. The zero-order valence-electron chi connectivity index (χ0n) is 14.7. The lowest BCUT2D eigenvalue weighted by molar-refractivity contribution is -0.143. The fourth-order valence-electron chi connectivity index (χ4n) is 2.54. The molecule has 0 fully saturated rings. The van der Waals surface area contributed by atoms with Gasteiger partial charge in [0, 0.05) is 5.56 Å². The zero-order valence-corrected chi connectivity index (χ0v) is 14.7. The van der Waals surface area contributed by atoms with Crippen molar-refractivity contribution in [2.24, 2.45) is 5.92 Å². The average Bonchev–Trinajstić information content (AvgIpc) is 2.61. The van der Waals surface area contributed by atoms with Gasteiger partial charge < -0.3 is 15.2 Å². The molecule has 5 heteroatoms.